The first-order valence-corrected chi connectivity index (χ1v) is 11.7. The maximum absolute atomic E-state index is 13.4. The molecule has 0 fully saturated rings. The quantitative estimate of drug-likeness (QED) is 0.184. The Morgan fingerprint density at radius 1 is 0.844 bits per heavy atom. The molecule has 0 saturated heterocycles. The van der Waals surface area contributed by atoms with E-state index in [0.717, 1.165) is 30.4 Å². The van der Waals surface area contributed by atoms with Crippen molar-refractivity contribution in [2.45, 2.75) is 63.7 Å². The van der Waals surface area contributed by atoms with Gasteiger partial charge in [-0.15, -0.1) is 0 Å². The molecule has 0 atom stereocenters. The van der Waals surface area contributed by atoms with E-state index in [4.69, 9.17) is 9.47 Å². The zero-order valence-electron chi connectivity index (χ0n) is 19.3. The maximum atomic E-state index is 13.4. The Balaban J connectivity index is 2.11. The van der Waals surface area contributed by atoms with E-state index in [0.29, 0.717) is 19.3 Å². The van der Waals surface area contributed by atoms with Gasteiger partial charge in [-0.05, 0) is 30.4 Å². The highest BCUT2D eigenvalue weighted by Crippen LogP contribution is 2.38. The number of rotatable bonds is 15. The summed E-state index contributed by atoms with van der Waals surface area (Å²) in [7, 11) is 0. The van der Waals surface area contributed by atoms with Crippen LogP contribution in [0.5, 0.6) is 0 Å². The van der Waals surface area contributed by atoms with Gasteiger partial charge in [0.15, 0.2) is 0 Å². The third kappa shape index (κ3) is 7.37. The minimum atomic E-state index is -0.974. The Bertz CT molecular complexity index is 774. The van der Waals surface area contributed by atoms with E-state index in [1.54, 1.807) is 6.08 Å². The molecule has 4 heteroatoms. The Labute approximate surface area is 192 Å². The number of benzene rings is 2. The second kappa shape index (κ2) is 14.2. The molecule has 0 radical (unpaired) electrons. The maximum Gasteiger partial charge on any atom is 0.321 e. The number of carbonyl (C=O) groups is 2. The summed E-state index contributed by atoms with van der Waals surface area (Å²) in [6.07, 6.45) is 8.52. The molecule has 2 aromatic rings. The number of hydrogen-bond donors (Lipinski definition) is 0. The summed E-state index contributed by atoms with van der Waals surface area (Å²) in [5.74, 6) is -0.488. The molecule has 172 valence electrons. The van der Waals surface area contributed by atoms with Crippen LogP contribution in [0.1, 0.15) is 69.4 Å². The topological polar surface area (TPSA) is 52.6 Å². The number of hydrogen-bond acceptors (Lipinski definition) is 4. The normalized spacial score (nSPS) is 11.0. The summed E-state index contributed by atoms with van der Waals surface area (Å²) in [5.41, 5.74) is 0.753. The van der Waals surface area contributed by atoms with Gasteiger partial charge in [0, 0.05) is 6.42 Å². The molecule has 0 bridgehead atoms. The SMILES string of the molecule is C=CCOC(=O)C(CCCOC(=O)CCCCCCC)(c1ccccc1)c1ccccc1. The highest BCUT2D eigenvalue weighted by molar-refractivity contribution is 5.87. The minimum absolute atomic E-state index is 0.146. The molecule has 0 unspecified atom stereocenters. The molecule has 0 heterocycles. The van der Waals surface area contributed by atoms with E-state index in [2.05, 4.69) is 13.5 Å². The zero-order chi connectivity index (χ0) is 23.1. The van der Waals surface area contributed by atoms with Gasteiger partial charge in [-0.25, -0.2) is 0 Å². The van der Waals surface area contributed by atoms with Crippen LogP contribution in [0, 0.1) is 0 Å². The van der Waals surface area contributed by atoms with Crippen molar-refractivity contribution in [2.75, 3.05) is 13.2 Å². The van der Waals surface area contributed by atoms with E-state index in [1.807, 2.05) is 60.7 Å². The molecule has 0 amide bonds. The number of esters is 2. The zero-order valence-corrected chi connectivity index (χ0v) is 19.3. The summed E-state index contributed by atoms with van der Waals surface area (Å²) in [6, 6.07) is 19.3. The molecular weight excluding hydrogens is 400 g/mol. The van der Waals surface area contributed by atoms with Crippen molar-refractivity contribution in [3.63, 3.8) is 0 Å². The molecule has 0 aromatic heterocycles. The molecule has 2 rings (SSSR count). The monoisotopic (exact) mass is 436 g/mol. The lowest BCUT2D eigenvalue weighted by atomic mass is 9.71. The first-order chi connectivity index (χ1) is 15.6. The largest absolute Gasteiger partial charge is 0.466 e. The average Bonchev–Trinajstić information content (AvgIpc) is 2.83. The van der Waals surface area contributed by atoms with E-state index in [-0.39, 0.29) is 25.2 Å². The average molecular weight is 437 g/mol. The molecule has 4 nitrogen and oxygen atoms in total. The van der Waals surface area contributed by atoms with Crippen LogP contribution in [0.25, 0.3) is 0 Å². The van der Waals surface area contributed by atoms with Crippen molar-refractivity contribution < 1.29 is 19.1 Å². The van der Waals surface area contributed by atoms with E-state index >= 15 is 0 Å². The number of unbranched alkanes of at least 4 members (excludes halogenated alkanes) is 4. The highest BCUT2D eigenvalue weighted by Gasteiger charge is 2.43. The smallest absolute Gasteiger partial charge is 0.321 e. The first-order valence-electron chi connectivity index (χ1n) is 11.7. The third-order valence-electron chi connectivity index (χ3n) is 5.66. The number of carbonyl (C=O) groups excluding carboxylic acids is 2. The molecule has 0 aliphatic heterocycles. The van der Waals surface area contributed by atoms with E-state index in [1.165, 1.54) is 12.8 Å². The molecule has 2 aromatic carbocycles. The summed E-state index contributed by atoms with van der Waals surface area (Å²) in [6.45, 7) is 6.26. The highest BCUT2D eigenvalue weighted by atomic mass is 16.5. The van der Waals surface area contributed by atoms with Crippen LogP contribution in [-0.2, 0) is 24.5 Å². The van der Waals surface area contributed by atoms with Gasteiger partial charge in [-0.2, -0.15) is 0 Å². The van der Waals surface area contributed by atoms with Crippen LogP contribution in [0.3, 0.4) is 0 Å². The molecule has 0 aliphatic carbocycles. The Hall–Kier alpha value is -2.88. The van der Waals surface area contributed by atoms with Gasteiger partial charge in [0.05, 0.1) is 6.61 Å². The third-order valence-corrected chi connectivity index (χ3v) is 5.66. The fourth-order valence-electron chi connectivity index (χ4n) is 3.96. The molecule has 0 spiro atoms. The summed E-state index contributed by atoms with van der Waals surface area (Å²) in [5, 5.41) is 0. The summed E-state index contributed by atoms with van der Waals surface area (Å²) < 4.78 is 11.0. The fourth-order valence-corrected chi connectivity index (χ4v) is 3.96. The fraction of sp³-hybridized carbons (Fsp3) is 0.429. The Kier molecular flexibility index (Phi) is 11.3. The molecule has 32 heavy (non-hydrogen) atoms. The summed E-state index contributed by atoms with van der Waals surface area (Å²) in [4.78, 5) is 25.5. The second-order valence-electron chi connectivity index (χ2n) is 8.01. The minimum Gasteiger partial charge on any atom is -0.466 e. The van der Waals surface area contributed by atoms with Gasteiger partial charge in [-0.3, -0.25) is 9.59 Å². The predicted molar refractivity (Wildman–Crippen MR) is 128 cm³/mol. The van der Waals surface area contributed by atoms with E-state index < -0.39 is 5.41 Å². The van der Waals surface area contributed by atoms with Gasteiger partial charge in [-0.1, -0.05) is 106 Å². The molecule has 0 saturated carbocycles. The predicted octanol–water partition coefficient (Wildman–Crippen LogP) is 6.39. The lowest BCUT2D eigenvalue weighted by Crippen LogP contribution is -2.39. The Morgan fingerprint density at radius 2 is 1.44 bits per heavy atom. The van der Waals surface area contributed by atoms with Gasteiger partial charge in [0.25, 0.3) is 0 Å². The first kappa shape index (κ1) is 25.4. The number of ether oxygens (including phenoxy) is 2. The van der Waals surface area contributed by atoms with Crippen molar-refractivity contribution in [3.8, 4) is 0 Å². The van der Waals surface area contributed by atoms with Gasteiger partial charge < -0.3 is 9.47 Å². The Morgan fingerprint density at radius 3 is 2.00 bits per heavy atom. The van der Waals surface area contributed by atoms with Crippen LogP contribution in [-0.4, -0.2) is 25.2 Å². The van der Waals surface area contributed by atoms with Gasteiger partial charge >= 0.3 is 11.9 Å². The van der Waals surface area contributed by atoms with Gasteiger partial charge in [0.2, 0.25) is 0 Å². The van der Waals surface area contributed by atoms with Crippen molar-refractivity contribution in [1.29, 1.82) is 0 Å². The van der Waals surface area contributed by atoms with Crippen LogP contribution in [0.2, 0.25) is 0 Å². The van der Waals surface area contributed by atoms with Crippen LogP contribution in [0.15, 0.2) is 73.3 Å². The molecular formula is C28H36O4. The van der Waals surface area contributed by atoms with E-state index in [9.17, 15) is 9.59 Å². The van der Waals surface area contributed by atoms with Crippen LogP contribution < -0.4 is 0 Å². The summed E-state index contributed by atoms with van der Waals surface area (Å²) >= 11 is 0. The second-order valence-corrected chi connectivity index (χ2v) is 8.01. The van der Waals surface area contributed by atoms with Crippen molar-refractivity contribution in [2.24, 2.45) is 0 Å². The van der Waals surface area contributed by atoms with Gasteiger partial charge in [0.1, 0.15) is 12.0 Å². The van der Waals surface area contributed by atoms with Crippen LogP contribution >= 0.6 is 0 Å². The molecule has 0 aliphatic rings. The standard InChI is InChI=1S/C28H36O4/c1-3-5-6-7-14-20-26(29)31-23-15-21-28(27(30)32-22-4-2,24-16-10-8-11-17-24)25-18-12-9-13-19-25/h4,8-13,16-19H,2-3,5-7,14-15,20-23H2,1H3. The lowest BCUT2D eigenvalue weighted by molar-refractivity contribution is -0.148. The van der Waals surface area contributed by atoms with Crippen molar-refractivity contribution in [1.82, 2.24) is 0 Å². The molecule has 0 N–H and O–H groups in total. The van der Waals surface area contributed by atoms with Crippen molar-refractivity contribution >= 4 is 11.9 Å². The van der Waals surface area contributed by atoms with Crippen molar-refractivity contribution in [3.05, 3.63) is 84.4 Å². The lowest BCUT2D eigenvalue weighted by Gasteiger charge is -2.32. The van der Waals surface area contributed by atoms with Crippen LogP contribution in [0.4, 0.5) is 0 Å².